The van der Waals surface area contributed by atoms with Gasteiger partial charge in [-0.15, -0.1) is 0 Å². The molecule has 1 heterocycles. The Hall–Kier alpha value is -0.120. The van der Waals surface area contributed by atoms with E-state index in [1.165, 1.54) is 38.5 Å². The Kier molecular flexibility index (Phi) is 4.62. The third kappa shape index (κ3) is 3.19. The summed E-state index contributed by atoms with van der Waals surface area (Å²) in [6, 6.07) is 0.603. The highest BCUT2D eigenvalue weighted by Crippen LogP contribution is 2.37. The number of nitrogens with one attached hydrogen (secondary N) is 1. The van der Waals surface area contributed by atoms with Crippen molar-refractivity contribution in [3.05, 3.63) is 0 Å². The molecule has 16 heavy (non-hydrogen) atoms. The van der Waals surface area contributed by atoms with E-state index < -0.39 is 0 Å². The van der Waals surface area contributed by atoms with Gasteiger partial charge in [-0.05, 0) is 32.1 Å². The molecule has 0 amide bonds. The highest BCUT2D eigenvalue weighted by atomic mass is 16.5. The van der Waals surface area contributed by atoms with Crippen molar-refractivity contribution in [3.8, 4) is 0 Å². The fraction of sp³-hybridized carbons (Fsp3) is 1.00. The van der Waals surface area contributed by atoms with E-state index in [0.29, 0.717) is 12.6 Å². The van der Waals surface area contributed by atoms with Gasteiger partial charge in [0.25, 0.3) is 0 Å². The van der Waals surface area contributed by atoms with E-state index in [1.807, 2.05) is 0 Å². The first-order valence-corrected chi connectivity index (χ1v) is 6.77. The van der Waals surface area contributed by atoms with Gasteiger partial charge in [0.1, 0.15) is 0 Å². The van der Waals surface area contributed by atoms with Crippen LogP contribution >= 0.6 is 0 Å². The van der Waals surface area contributed by atoms with Gasteiger partial charge in [0, 0.05) is 37.8 Å². The van der Waals surface area contributed by atoms with Crippen LogP contribution in [0.3, 0.4) is 0 Å². The maximum absolute atomic E-state index is 9.54. The predicted molar refractivity (Wildman–Crippen MR) is 64.4 cm³/mol. The third-order valence-electron chi connectivity index (χ3n) is 4.22. The Morgan fingerprint density at radius 3 is 2.69 bits per heavy atom. The predicted octanol–water partition coefficient (Wildman–Crippen LogP) is 1.70. The topological polar surface area (TPSA) is 41.5 Å². The van der Waals surface area contributed by atoms with Crippen LogP contribution in [0.25, 0.3) is 0 Å². The lowest BCUT2D eigenvalue weighted by Gasteiger charge is -2.29. The number of aliphatic hydroxyl groups is 1. The van der Waals surface area contributed by atoms with E-state index in [1.54, 1.807) is 0 Å². The monoisotopic (exact) mass is 227 g/mol. The van der Waals surface area contributed by atoms with Gasteiger partial charge < -0.3 is 15.2 Å². The first kappa shape index (κ1) is 12.3. The van der Waals surface area contributed by atoms with Gasteiger partial charge in [-0.2, -0.15) is 0 Å². The third-order valence-corrected chi connectivity index (χ3v) is 4.22. The zero-order valence-electron chi connectivity index (χ0n) is 10.2. The van der Waals surface area contributed by atoms with E-state index in [9.17, 15) is 5.11 Å². The largest absolute Gasteiger partial charge is 0.396 e. The van der Waals surface area contributed by atoms with Crippen molar-refractivity contribution < 1.29 is 9.84 Å². The molecule has 2 rings (SSSR count). The second-order valence-corrected chi connectivity index (χ2v) is 5.49. The molecule has 2 fully saturated rings. The minimum atomic E-state index is 0.188. The fourth-order valence-corrected chi connectivity index (χ4v) is 2.98. The number of rotatable bonds is 4. The Labute approximate surface area is 98.6 Å². The van der Waals surface area contributed by atoms with Gasteiger partial charge in [-0.1, -0.05) is 12.8 Å². The average Bonchev–Trinajstić information content (AvgIpc) is 2.63. The molecule has 0 aromatic heterocycles. The molecule has 1 saturated carbocycles. The van der Waals surface area contributed by atoms with E-state index >= 15 is 0 Å². The number of aliphatic hydroxyl groups excluding tert-OH is 1. The molecule has 3 nitrogen and oxygen atoms in total. The van der Waals surface area contributed by atoms with Gasteiger partial charge in [0.15, 0.2) is 0 Å². The molecule has 1 aliphatic heterocycles. The zero-order chi connectivity index (χ0) is 11.3. The van der Waals surface area contributed by atoms with Crippen molar-refractivity contribution >= 4 is 0 Å². The second kappa shape index (κ2) is 5.99. The summed E-state index contributed by atoms with van der Waals surface area (Å²) in [5, 5.41) is 13.2. The zero-order valence-corrected chi connectivity index (χ0v) is 10.2. The van der Waals surface area contributed by atoms with Crippen LogP contribution in [0.1, 0.15) is 44.9 Å². The summed E-state index contributed by atoms with van der Waals surface area (Å²) in [7, 11) is 0. The first-order valence-electron chi connectivity index (χ1n) is 6.77. The van der Waals surface area contributed by atoms with Crippen LogP contribution in [-0.2, 0) is 4.74 Å². The van der Waals surface area contributed by atoms with Crippen molar-refractivity contribution in [1.82, 2.24) is 5.32 Å². The standard InChI is InChI=1S/C13H25NO2/c15-11-13(6-1-2-7-13)10-14-12-4-3-8-16-9-5-12/h12,14-15H,1-11H2. The van der Waals surface area contributed by atoms with E-state index in [2.05, 4.69) is 5.32 Å². The number of ether oxygens (including phenoxy) is 1. The van der Waals surface area contributed by atoms with Crippen LogP contribution in [0.2, 0.25) is 0 Å². The molecular formula is C13H25NO2. The Balaban J connectivity index is 1.76. The summed E-state index contributed by atoms with van der Waals surface area (Å²) in [6.07, 6.45) is 8.48. The summed E-state index contributed by atoms with van der Waals surface area (Å²) < 4.78 is 5.46. The summed E-state index contributed by atoms with van der Waals surface area (Å²) in [5.41, 5.74) is 0.188. The second-order valence-electron chi connectivity index (χ2n) is 5.49. The van der Waals surface area contributed by atoms with Crippen LogP contribution in [0, 0.1) is 5.41 Å². The highest BCUT2D eigenvalue weighted by Gasteiger charge is 2.33. The van der Waals surface area contributed by atoms with Gasteiger partial charge in [-0.3, -0.25) is 0 Å². The molecule has 0 aromatic carbocycles. The van der Waals surface area contributed by atoms with E-state index in [-0.39, 0.29) is 5.41 Å². The molecule has 0 bridgehead atoms. The van der Waals surface area contributed by atoms with Gasteiger partial charge in [-0.25, -0.2) is 0 Å². The molecule has 1 unspecified atom stereocenters. The lowest BCUT2D eigenvalue weighted by Crippen LogP contribution is -2.40. The first-order chi connectivity index (χ1) is 7.85. The van der Waals surface area contributed by atoms with Gasteiger partial charge >= 0.3 is 0 Å². The van der Waals surface area contributed by atoms with E-state index in [0.717, 1.165) is 26.2 Å². The number of hydrogen-bond acceptors (Lipinski definition) is 3. The van der Waals surface area contributed by atoms with Crippen molar-refractivity contribution in [2.75, 3.05) is 26.4 Å². The maximum Gasteiger partial charge on any atom is 0.0499 e. The lowest BCUT2D eigenvalue weighted by molar-refractivity contribution is 0.121. The summed E-state index contributed by atoms with van der Waals surface area (Å²) in [5.74, 6) is 0. The molecule has 94 valence electrons. The molecule has 1 atom stereocenters. The molecule has 3 heteroatoms. The Bertz CT molecular complexity index is 194. The Morgan fingerprint density at radius 2 is 1.94 bits per heavy atom. The number of hydrogen-bond donors (Lipinski definition) is 2. The quantitative estimate of drug-likeness (QED) is 0.768. The normalized spacial score (nSPS) is 30.2. The van der Waals surface area contributed by atoms with Crippen molar-refractivity contribution in [3.63, 3.8) is 0 Å². The molecule has 2 N–H and O–H groups in total. The molecule has 0 radical (unpaired) electrons. The van der Waals surface area contributed by atoms with Crippen molar-refractivity contribution in [2.45, 2.75) is 51.0 Å². The van der Waals surface area contributed by atoms with Crippen LogP contribution in [0.4, 0.5) is 0 Å². The summed E-state index contributed by atoms with van der Waals surface area (Å²) in [6.45, 7) is 3.16. The van der Waals surface area contributed by atoms with Crippen LogP contribution < -0.4 is 5.32 Å². The van der Waals surface area contributed by atoms with Gasteiger partial charge in [0.2, 0.25) is 0 Å². The molecule has 2 aliphatic rings. The molecule has 0 spiro atoms. The van der Waals surface area contributed by atoms with Crippen molar-refractivity contribution in [2.24, 2.45) is 5.41 Å². The molecule has 1 aliphatic carbocycles. The maximum atomic E-state index is 9.54. The summed E-state index contributed by atoms with van der Waals surface area (Å²) in [4.78, 5) is 0. The average molecular weight is 227 g/mol. The highest BCUT2D eigenvalue weighted by molar-refractivity contribution is 4.87. The Morgan fingerprint density at radius 1 is 1.12 bits per heavy atom. The van der Waals surface area contributed by atoms with Crippen molar-refractivity contribution in [1.29, 1.82) is 0 Å². The molecular weight excluding hydrogens is 202 g/mol. The fourth-order valence-electron chi connectivity index (χ4n) is 2.98. The van der Waals surface area contributed by atoms with Crippen LogP contribution in [-0.4, -0.2) is 37.5 Å². The minimum Gasteiger partial charge on any atom is -0.396 e. The van der Waals surface area contributed by atoms with E-state index in [4.69, 9.17) is 4.74 Å². The lowest BCUT2D eigenvalue weighted by atomic mass is 9.87. The summed E-state index contributed by atoms with van der Waals surface area (Å²) >= 11 is 0. The van der Waals surface area contributed by atoms with Gasteiger partial charge in [0.05, 0.1) is 0 Å². The smallest absolute Gasteiger partial charge is 0.0499 e. The molecule has 0 aromatic rings. The van der Waals surface area contributed by atoms with Crippen LogP contribution in [0.5, 0.6) is 0 Å². The SMILES string of the molecule is OCC1(CNC2CCCOCC2)CCCC1. The minimum absolute atomic E-state index is 0.188. The molecule has 1 saturated heterocycles. The van der Waals surface area contributed by atoms with Crippen LogP contribution in [0.15, 0.2) is 0 Å².